The Bertz CT molecular complexity index is 726. The summed E-state index contributed by atoms with van der Waals surface area (Å²) in [6.07, 6.45) is 2.21. The highest BCUT2D eigenvalue weighted by atomic mass is 79.9. The van der Waals surface area contributed by atoms with Crippen molar-refractivity contribution in [3.8, 4) is 0 Å². The average molecular weight is 462 g/mol. The van der Waals surface area contributed by atoms with Gasteiger partial charge in [0.05, 0.1) is 5.56 Å². The fourth-order valence-corrected chi connectivity index (χ4v) is 3.36. The van der Waals surface area contributed by atoms with Gasteiger partial charge in [0.15, 0.2) is 0 Å². The lowest BCUT2D eigenvalue weighted by molar-refractivity contribution is 0.102. The molecule has 0 radical (unpaired) electrons. The Kier molecular flexibility index (Phi) is 9.36. The molecule has 8 heteroatoms. The predicted molar refractivity (Wildman–Crippen MR) is 115 cm³/mol. The summed E-state index contributed by atoms with van der Waals surface area (Å²) in [4.78, 5) is 19.2. The van der Waals surface area contributed by atoms with Crippen LogP contribution >= 0.6 is 40.7 Å². The molecule has 1 saturated heterocycles. The minimum absolute atomic E-state index is 0. The minimum atomic E-state index is -0.170. The molecule has 2 heterocycles. The van der Waals surface area contributed by atoms with Crippen molar-refractivity contribution in [2.45, 2.75) is 18.9 Å². The molecule has 0 spiro atoms. The smallest absolute Gasteiger partial charge is 0.257 e. The van der Waals surface area contributed by atoms with Gasteiger partial charge in [-0.25, -0.2) is 4.98 Å². The van der Waals surface area contributed by atoms with E-state index in [1.54, 1.807) is 6.07 Å². The van der Waals surface area contributed by atoms with E-state index in [4.69, 9.17) is 0 Å². The van der Waals surface area contributed by atoms with Crippen molar-refractivity contribution in [2.75, 3.05) is 30.4 Å². The van der Waals surface area contributed by atoms with Gasteiger partial charge >= 0.3 is 0 Å². The number of hydrogen-bond donors (Lipinski definition) is 2. The van der Waals surface area contributed by atoms with Crippen LogP contribution in [0.3, 0.4) is 0 Å². The van der Waals surface area contributed by atoms with Gasteiger partial charge in [-0.2, -0.15) is 0 Å². The van der Waals surface area contributed by atoms with Gasteiger partial charge in [-0.15, -0.1) is 24.8 Å². The van der Waals surface area contributed by atoms with E-state index in [0.29, 0.717) is 17.4 Å². The van der Waals surface area contributed by atoms with Crippen molar-refractivity contribution >= 4 is 58.3 Å². The molecule has 1 aliphatic heterocycles. The number of amides is 1. The number of rotatable bonds is 4. The molecule has 0 atom stereocenters. The quantitative estimate of drug-likeness (QED) is 0.718. The highest BCUT2D eigenvalue weighted by Crippen LogP contribution is 2.21. The van der Waals surface area contributed by atoms with Gasteiger partial charge in [0, 0.05) is 17.6 Å². The molecular weight excluding hydrogens is 439 g/mol. The van der Waals surface area contributed by atoms with Crippen molar-refractivity contribution in [1.29, 1.82) is 0 Å². The van der Waals surface area contributed by atoms with Crippen LogP contribution in [0, 0.1) is 0 Å². The fourth-order valence-electron chi connectivity index (χ4n) is 2.90. The molecule has 3 rings (SSSR count). The van der Waals surface area contributed by atoms with E-state index in [0.717, 1.165) is 36.2 Å². The summed E-state index contributed by atoms with van der Waals surface area (Å²) in [6, 6.07) is 13.6. The SMILES string of the molecule is CN(c1cccc(NC(=O)c2ccccc2Br)n1)C1CCNCC1.Cl.Cl. The van der Waals surface area contributed by atoms with Gasteiger partial charge in [-0.05, 0) is 66.1 Å². The molecule has 1 aromatic carbocycles. The number of hydrogen-bond acceptors (Lipinski definition) is 4. The number of nitrogens with zero attached hydrogens (tertiary/aromatic N) is 2. The van der Waals surface area contributed by atoms with Gasteiger partial charge in [-0.3, -0.25) is 4.79 Å². The Morgan fingerprint density at radius 1 is 1.15 bits per heavy atom. The lowest BCUT2D eigenvalue weighted by atomic mass is 10.1. The first-order chi connectivity index (χ1) is 11.6. The maximum absolute atomic E-state index is 12.4. The average Bonchev–Trinajstić information content (AvgIpc) is 2.62. The highest BCUT2D eigenvalue weighted by Gasteiger charge is 2.19. The topological polar surface area (TPSA) is 57.3 Å². The zero-order valence-corrected chi connectivity index (χ0v) is 17.7. The molecule has 1 aliphatic rings. The van der Waals surface area contributed by atoms with Crippen LogP contribution in [-0.4, -0.2) is 37.1 Å². The second kappa shape index (κ2) is 10.7. The van der Waals surface area contributed by atoms with Crippen LogP contribution in [0.25, 0.3) is 0 Å². The second-order valence-electron chi connectivity index (χ2n) is 5.91. The van der Waals surface area contributed by atoms with E-state index in [1.165, 1.54) is 0 Å². The summed E-state index contributed by atoms with van der Waals surface area (Å²) >= 11 is 3.40. The zero-order chi connectivity index (χ0) is 16.9. The van der Waals surface area contributed by atoms with E-state index >= 15 is 0 Å². The molecule has 0 aliphatic carbocycles. The number of nitrogens with one attached hydrogen (secondary N) is 2. The molecule has 0 bridgehead atoms. The number of piperidine rings is 1. The van der Waals surface area contributed by atoms with E-state index in [9.17, 15) is 4.79 Å². The molecular formula is C18H23BrCl2N4O. The summed E-state index contributed by atoms with van der Waals surface area (Å²) in [7, 11) is 2.07. The first-order valence-electron chi connectivity index (χ1n) is 8.11. The van der Waals surface area contributed by atoms with Crippen LogP contribution < -0.4 is 15.5 Å². The molecule has 1 aromatic heterocycles. The molecule has 142 valence electrons. The van der Waals surface area contributed by atoms with Gasteiger partial charge in [0.2, 0.25) is 0 Å². The summed E-state index contributed by atoms with van der Waals surface area (Å²) < 4.78 is 0.769. The molecule has 1 amide bonds. The standard InChI is InChI=1S/C18H21BrN4O.2ClH/c1-23(13-9-11-20-12-10-13)17-8-4-7-16(21-17)22-18(24)14-5-2-3-6-15(14)19;;/h2-8,13,20H,9-12H2,1H3,(H,21,22,24);2*1H. The molecule has 5 nitrogen and oxygen atoms in total. The van der Waals surface area contributed by atoms with Crippen molar-refractivity contribution < 1.29 is 4.79 Å². The second-order valence-corrected chi connectivity index (χ2v) is 6.76. The molecule has 26 heavy (non-hydrogen) atoms. The number of carbonyl (C=O) groups excluding carboxylic acids is 1. The number of anilines is 2. The summed E-state index contributed by atoms with van der Waals surface area (Å²) in [6.45, 7) is 2.07. The number of pyridine rings is 1. The number of aromatic nitrogens is 1. The zero-order valence-electron chi connectivity index (χ0n) is 14.4. The first kappa shape index (κ1) is 22.7. The van der Waals surface area contributed by atoms with Gasteiger partial charge in [0.25, 0.3) is 5.91 Å². The largest absolute Gasteiger partial charge is 0.357 e. The summed E-state index contributed by atoms with van der Waals surface area (Å²) in [5.74, 6) is 1.28. The third kappa shape index (κ3) is 5.58. The van der Waals surface area contributed by atoms with Crippen LogP contribution in [0.1, 0.15) is 23.2 Å². The highest BCUT2D eigenvalue weighted by molar-refractivity contribution is 9.10. The number of halogens is 3. The van der Waals surface area contributed by atoms with Gasteiger partial charge in [0.1, 0.15) is 11.6 Å². The summed E-state index contributed by atoms with van der Waals surface area (Å²) in [5, 5.41) is 6.25. The first-order valence-corrected chi connectivity index (χ1v) is 8.91. The molecule has 2 aromatic rings. The molecule has 2 N–H and O–H groups in total. The Hall–Kier alpha value is -1.34. The molecule has 0 saturated carbocycles. The Balaban J connectivity index is 0.00000169. The lowest BCUT2D eigenvalue weighted by Crippen LogP contribution is -2.41. The maximum atomic E-state index is 12.4. The molecule has 0 unspecified atom stereocenters. The Morgan fingerprint density at radius 2 is 1.85 bits per heavy atom. The van der Waals surface area contributed by atoms with Gasteiger partial charge in [-0.1, -0.05) is 18.2 Å². The third-order valence-corrected chi connectivity index (χ3v) is 5.00. The molecule has 1 fully saturated rings. The third-order valence-electron chi connectivity index (χ3n) is 4.31. The normalized spacial score (nSPS) is 13.9. The summed E-state index contributed by atoms with van der Waals surface area (Å²) in [5.41, 5.74) is 0.594. The van der Waals surface area contributed by atoms with Crippen molar-refractivity contribution in [2.24, 2.45) is 0 Å². The van der Waals surface area contributed by atoms with Crippen LogP contribution in [0.2, 0.25) is 0 Å². The predicted octanol–water partition coefficient (Wildman–Crippen LogP) is 4.13. The van der Waals surface area contributed by atoms with Crippen molar-refractivity contribution in [1.82, 2.24) is 10.3 Å². The monoisotopic (exact) mass is 460 g/mol. The minimum Gasteiger partial charge on any atom is -0.357 e. The van der Waals surface area contributed by atoms with Crippen LogP contribution in [0.5, 0.6) is 0 Å². The van der Waals surface area contributed by atoms with Crippen molar-refractivity contribution in [3.63, 3.8) is 0 Å². The lowest BCUT2D eigenvalue weighted by Gasteiger charge is -2.32. The Labute approximate surface area is 174 Å². The van der Waals surface area contributed by atoms with E-state index in [2.05, 4.69) is 43.5 Å². The van der Waals surface area contributed by atoms with Crippen LogP contribution in [0.15, 0.2) is 46.9 Å². The van der Waals surface area contributed by atoms with E-state index in [1.807, 2.05) is 36.4 Å². The number of benzene rings is 1. The van der Waals surface area contributed by atoms with Crippen molar-refractivity contribution in [3.05, 3.63) is 52.5 Å². The van der Waals surface area contributed by atoms with Crippen LogP contribution in [0.4, 0.5) is 11.6 Å². The van der Waals surface area contributed by atoms with Gasteiger partial charge < -0.3 is 15.5 Å². The maximum Gasteiger partial charge on any atom is 0.257 e. The van der Waals surface area contributed by atoms with Crippen LogP contribution in [-0.2, 0) is 0 Å². The number of carbonyl (C=O) groups is 1. The van der Waals surface area contributed by atoms with E-state index in [-0.39, 0.29) is 30.7 Å². The van der Waals surface area contributed by atoms with E-state index < -0.39 is 0 Å². The Morgan fingerprint density at radius 3 is 2.54 bits per heavy atom. The fraction of sp³-hybridized carbons (Fsp3) is 0.333.